The highest BCUT2D eigenvalue weighted by Crippen LogP contribution is 2.35. The van der Waals surface area contributed by atoms with Gasteiger partial charge in [-0.2, -0.15) is 0 Å². The molecule has 0 aliphatic carbocycles. The fourth-order valence-electron chi connectivity index (χ4n) is 3.16. The van der Waals surface area contributed by atoms with Crippen LogP contribution in [0, 0.1) is 6.92 Å². The van der Waals surface area contributed by atoms with Crippen molar-refractivity contribution in [3.8, 4) is 10.4 Å². The second kappa shape index (κ2) is 6.81. The largest absolute Gasteiger partial charge is 0.366 e. The summed E-state index contributed by atoms with van der Waals surface area (Å²) in [6, 6.07) is 17.0. The Morgan fingerprint density at radius 3 is 2.67 bits per heavy atom. The number of hydrogen-bond acceptors (Lipinski definition) is 4. The lowest BCUT2D eigenvalue weighted by Crippen LogP contribution is -2.13. The molecular weight excluding hydrogens is 358 g/mol. The summed E-state index contributed by atoms with van der Waals surface area (Å²) in [5.74, 6) is 0.0881. The molecule has 3 N–H and O–H groups in total. The summed E-state index contributed by atoms with van der Waals surface area (Å²) in [6.45, 7) is 1.95. The van der Waals surface area contributed by atoms with Gasteiger partial charge in [0.2, 0.25) is 5.91 Å². The number of H-pyrrole nitrogens is 1. The van der Waals surface area contributed by atoms with Crippen LogP contribution >= 0.6 is 11.3 Å². The highest BCUT2D eigenvalue weighted by Gasteiger charge is 2.15. The standard InChI is InChI=1S/C21H17N3O2S/c1-12-17-20(26)23-16(11-13-6-5-9-15(10-13)19(22)25)24-21(17)27-18(12)14-7-3-2-4-8-14/h2-10H,11H2,1H3,(H2,22,25)(H,23,24,26). The van der Waals surface area contributed by atoms with Crippen molar-refractivity contribution >= 4 is 27.5 Å². The molecule has 0 radical (unpaired) electrons. The van der Waals surface area contributed by atoms with Gasteiger partial charge in [0.15, 0.2) is 0 Å². The van der Waals surface area contributed by atoms with Gasteiger partial charge in [0.1, 0.15) is 10.7 Å². The van der Waals surface area contributed by atoms with Gasteiger partial charge < -0.3 is 10.7 Å². The van der Waals surface area contributed by atoms with E-state index < -0.39 is 5.91 Å². The van der Waals surface area contributed by atoms with Crippen LogP contribution in [0.3, 0.4) is 0 Å². The molecule has 2 aromatic carbocycles. The minimum absolute atomic E-state index is 0.142. The van der Waals surface area contributed by atoms with Gasteiger partial charge in [-0.25, -0.2) is 4.98 Å². The van der Waals surface area contributed by atoms with Crippen molar-refractivity contribution in [1.29, 1.82) is 0 Å². The van der Waals surface area contributed by atoms with Gasteiger partial charge in [-0.05, 0) is 35.7 Å². The maximum absolute atomic E-state index is 12.7. The number of hydrogen-bond donors (Lipinski definition) is 2. The van der Waals surface area contributed by atoms with Crippen molar-refractivity contribution in [2.75, 3.05) is 0 Å². The van der Waals surface area contributed by atoms with Crippen LogP contribution in [-0.2, 0) is 6.42 Å². The lowest BCUT2D eigenvalue weighted by atomic mass is 10.1. The zero-order valence-electron chi connectivity index (χ0n) is 14.7. The molecule has 0 atom stereocenters. The fraction of sp³-hybridized carbons (Fsp3) is 0.0952. The molecule has 1 amide bonds. The summed E-state index contributed by atoms with van der Waals surface area (Å²) in [4.78, 5) is 33.3. The van der Waals surface area contributed by atoms with E-state index in [-0.39, 0.29) is 5.56 Å². The third-order valence-corrected chi connectivity index (χ3v) is 5.70. The van der Waals surface area contributed by atoms with E-state index in [1.165, 1.54) is 11.3 Å². The van der Waals surface area contributed by atoms with E-state index >= 15 is 0 Å². The van der Waals surface area contributed by atoms with Crippen LogP contribution in [-0.4, -0.2) is 15.9 Å². The summed E-state index contributed by atoms with van der Waals surface area (Å²) >= 11 is 1.52. The van der Waals surface area contributed by atoms with Gasteiger partial charge in [-0.15, -0.1) is 11.3 Å². The van der Waals surface area contributed by atoms with Crippen molar-refractivity contribution in [1.82, 2.24) is 9.97 Å². The lowest BCUT2D eigenvalue weighted by molar-refractivity contribution is 0.1000. The summed E-state index contributed by atoms with van der Waals surface area (Å²) in [5, 5.41) is 0.633. The first-order chi connectivity index (χ1) is 13.0. The summed E-state index contributed by atoms with van der Waals surface area (Å²) in [5.41, 5.74) is 8.52. The minimum atomic E-state index is -0.477. The fourth-order valence-corrected chi connectivity index (χ4v) is 4.37. The first-order valence-electron chi connectivity index (χ1n) is 8.49. The molecule has 2 aromatic heterocycles. The number of aryl methyl sites for hydroxylation is 1. The number of rotatable bonds is 4. The van der Waals surface area contributed by atoms with Crippen LogP contribution in [0.1, 0.15) is 27.3 Å². The van der Waals surface area contributed by atoms with Crippen molar-refractivity contribution in [3.05, 3.63) is 87.5 Å². The first kappa shape index (κ1) is 17.2. The SMILES string of the molecule is Cc1c(-c2ccccc2)sc2nc(Cc3cccc(C(N)=O)c3)[nH]c(=O)c12. The topological polar surface area (TPSA) is 88.8 Å². The molecule has 6 heteroatoms. The number of nitrogens with two attached hydrogens (primary N) is 1. The molecule has 27 heavy (non-hydrogen) atoms. The third kappa shape index (κ3) is 3.27. The number of nitrogens with zero attached hydrogens (tertiary/aromatic N) is 1. The molecular formula is C21H17N3O2S. The number of fused-ring (bicyclic) bond motifs is 1. The number of nitrogens with one attached hydrogen (secondary N) is 1. The summed E-state index contributed by atoms with van der Waals surface area (Å²) in [6.07, 6.45) is 0.421. The Balaban J connectivity index is 1.77. The van der Waals surface area contributed by atoms with E-state index in [2.05, 4.69) is 9.97 Å². The first-order valence-corrected chi connectivity index (χ1v) is 9.31. The quantitative estimate of drug-likeness (QED) is 0.571. The molecule has 4 aromatic rings. The van der Waals surface area contributed by atoms with E-state index in [9.17, 15) is 9.59 Å². The predicted octanol–water partition coefficient (Wildman–Crippen LogP) is 3.65. The highest BCUT2D eigenvalue weighted by atomic mass is 32.1. The molecule has 134 valence electrons. The average Bonchev–Trinajstić information content (AvgIpc) is 2.99. The zero-order chi connectivity index (χ0) is 19.0. The summed E-state index contributed by atoms with van der Waals surface area (Å²) < 4.78 is 0. The molecule has 5 nitrogen and oxygen atoms in total. The van der Waals surface area contributed by atoms with Crippen LogP contribution in [0.2, 0.25) is 0 Å². The number of benzene rings is 2. The Morgan fingerprint density at radius 2 is 1.93 bits per heavy atom. The Kier molecular flexibility index (Phi) is 4.33. The maximum Gasteiger partial charge on any atom is 0.259 e. The normalized spacial score (nSPS) is 11.0. The number of aromatic nitrogens is 2. The van der Waals surface area contributed by atoms with E-state index in [1.807, 2.05) is 43.3 Å². The number of carbonyl (C=O) groups excluding carboxylic acids is 1. The van der Waals surface area contributed by atoms with E-state index in [0.717, 1.165) is 26.4 Å². The number of primary amides is 1. The minimum Gasteiger partial charge on any atom is -0.366 e. The third-order valence-electron chi connectivity index (χ3n) is 4.47. The van der Waals surface area contributed by atoms with Gasteiger partial charge in [0.25, 0.3) is 5.56 Å². The van der Waals surface area contributed by atoms with Gasteiger partial charge >= 0.3 is 0 Å². The molecule has 0 unspecified atom stereocenters. The molecule has 0 saturated heterocycles. The summed E-state index contributed by atoms with van der Waals surface area (Å²) in [7, 11) is 0. The van der Waals surface area contributed by atoms with Crippen molar-refractivity contribution in [2.45, 2.75) is 13.3 Å². The molecule has 0 spiro atoms. The van der Waals surface area contributed by atoms with Gasteiger partial charge in [-0.1, -0.05) is 42.5 Å². The van der Waals surface area contributed by atoms with Crippen LogP contribution in [0.25, 0.3) is 20.7 Å². The number of amides is 1. The monoisotopic (exact) mass is 375 g/mol. The molecule has 4 rings (SSSR count). The van der Waals surface area contributed by atoms with Crippen molar-refractivity contribution in [3.63, 3.8) is 0 Å². The molecule has 0 fully saturated rings. The van der Waals surface area contributed by atoms with E-state index in [0.29, 0.717) is 23.2 Å². The highest BCUT2D eigenvalue weighted by molar-refractivity contribution is 7.22. The van der Waals surface area contributed by atoms with E-state index in [1.54, 1.807) is 18.2 Å². The van der Waals surface area contributed by atoms with Gasteiger partial charge in [-0.3, -0.25) is 9.59 Å². The van der Waals surface area contributed by atoms with Crippen LogP contribution in [0.15, 0.2) is 59.4 Å². The zero-order valence-corrected chi connectivity index (χ0v) is 15.5. The number of carbonyl (C=O) groups is 1. The molecule has 0 aliphatic heterocycles. The number of thiophene rings is 1. The van der Waals surface area contributed by atoms with Gasteiger partial charge in [0, 0.05) is 16.9 Å². The Morgan fingerprint density at radius 1 is 1.15 bits per heavy atom. The second-order valence-corrected chi connectivity index (χ2v) is 7.36. The average molecular weight is 375 g/mol. The lowest BCUT2D eigenvalue weighted by Gasteiger charge is -2.03. The van der Waals surface area contributed by atoms with Gasteiger partial charge in [0.05, 0.1) is 5.39 Å². The second-order valence-electron chi connectivity index (χ2n) is 6.36. The maximum atomic E-state index is 12.7. The van der Waals surface area contributed by atoms with Crippen LogP contribution in [0.4, 0.5) is 0 Å². The van der Waals surface area contributed by atoms with Crippen LogP contribution < -0.4 is 11.3 Å². The molecule has 2 heterocycles. The predicted molar refractivity (Wildman–Crippen MR) is 108 cm³/mol. The molecule has 0 saturated carbocycles. The molecule has 0 bridgehead atoms. The Labute approximate surface area is 159 Å². The molecule has 0 aliphatic rings. The smallest absolute Gasteiger partial charge is 0.259 e. The Hall–Kier alpha value is -3.25. The van der Waals surface area contributed by atoms with Crippen LogP contribution in [0.5, 0.6) is 0 Å². The van der Waals surface area contributed by atoms with Crippen molar-refractivity contribution < 1.29 is 4.79 Å². The Bertz CT molecular complexity index is 1210. The van der Waals surface area contributed by atoms with E-state index in [4.69, 9.17) is 5.73 Å². The van der Waals surface area contributed by atoms with Crippen molar-refractivity contribution in [2.24, 2.45) is 5.73 Å². The number of aromatic amines is 1.